The summed E-state index contributed by atoms with van der Waals surface area (Å²) >= 11 is 0. The maximum atomic E-state index is 12.7. The van der Waals surface area contributed by atoms with E-state index in [1.54, 1.807) is 0 Å². The SMILES string of the molecule is CC/C=C\C/C=C\C/C=C\C/C=C\C/C=C\CCCCOCC(COP(=O)(O)OCC[N+](C)(C)C)OC(=O)CCCCCCCCCCCCCCCCCCC. The van der Waals surface area contributed by atoms with Gasteiger partial charge >= 0.3 is 13.8 Å². The lowest BCUT2D eigenvalue weighted by Crippen LogP contribution is -2.37. The monoisotopic (exact) mass is 823 g/mol. The normalized spacial score (nSPS) is 14.3. The van der Waals surface area contributed by atoms with Crippen LogP contribution in [0.1, 0.15) is 181 Å². The molecular weight excluding hydrogens is 734 g/mol. The average molecular weight is 823 g/mol. The lowest BCUT2D eigenvalue weighted by atomic mass is 10.0. The Morgan fingerprint density at radius 1 is 0.561 bits per heavy atom. The molecule has 0 saturated carbocycles. The molecule has 0 aromatic rings. The zero-order valence-corrected chi connectivity index (χ0v) is 38.5. The molecule has 2 atom stereocenters. The first kappa shape index (κ1) is 55.2. The second-order valence-corrected chi connectivity index (χ2v) is 17.9. The number of likely N-dealkylation sites (N-methyl/N-ethyl adjacent to an activating group) is 1. The van der Waals surface area contributed by atoms with E-state index in [-0.39, 0.29) is 25.8 Å². The van der Waals surface area contributed by atoms with Gasteiger partial charge in [0.15, 0.2) is 0 Å². The number of ether oxygens (including phenoxy) is 2. The van der Waals surface area contributed by atoms with E-state index in [1.807, 2.05) is 21.1 Å². The molecule has 0 rings (SSSR count). The fourth-order valence-corrected chi connectivity index (χ4v) is 6.79. The topological polar surface area (TPSA) is 91.3 Å². The summed E-state index contributed by atoms with van der Waals surface area (Å²) in [5, 5.41) is 0. The highest BCUT2D eigenvalue weighted by molar-refractivity contribution is 7.47. The summed E-state index contributed by atoms with van der Waals surface area (Å²) in [6.07, 6.45) is 51.2. The summed E-state index contributed by atoms with van der Waals surface area (Å²) in [7, 11) is 1.64. The Kier molecular flexibility index (Phi) is 39.7. The molecule has 332 valence electrons. The summed E-state index contributed by atoms with van der Waals surface area (Å²) < 4.78 is 35.0. The molecule has 0 spiro atoms. The van der Waals surface area contributed by atoms with Crippen molar-refractivity contribution >= 4 is 13.8 Å². The molecular formula is C48H89NO7P+. The van der Waals surface area contributed by atoms with Crippen LogP contribution < -0.4 is 0 Å². The molecule has 0 heterocycles. The molecule has 8 nitrogen and oxygen atoms in total. The van der Waals surface area contributed by atoms with Gasteiger partial charge < -0.3 is 18.9 Å². The molecule has 0 aromatic heterocycles. The maximum Gasteiger partial charge on any atom is 0.472 e. The molecule has 9 heteroatoms. The smallest absolute Gasteiger partial charge is 0.457 e. The van der Waals surface area contributed by atoms with Crippen LogP contribution in [-0.4, -0.2) is 75.6 Å². The van der Waals surface area contributed by atoms with Gasteiger partial charge in [0.25, 0.3) is 0 Å². The first-order valence-electron chi connectivity index (χ1n) is 23.0. The third kappa shape index (κ3) is 45.1. The quantitative estimate of drug-likeness (QED) is 0.0215. The number of allylic oxidation sites excluding steroid dienone is 10. The predicted molar refractivity (Wildman–Crippen MR) is 242 cm³/mol. The molecule has 0 fully saturated rings. The van der Waals surface area contributed by atoms with Gasteiger partial charge in [0.1, 0.15) is 19.3 Å². The van der Waals surface area contributed by atoms with Crippen molar-refractivity contribution in [2.45, 2.75) is 187 Å². The zero-order valence-electron chi connectivity index (χ0n) is 37.6. The Morgan fingerprint density at radius 2 is 1.02 bits per heavy atom. The molecule has 0 aliphatic heterocycles. The Morgan fingerprint density at radius 3 is 1.49 bits per heavy atom. The molecule has 0 aliphatic rings. The fourth-order valence-electron chi connectivity index (χ4n) is 6.05. The molecule has 1 N–H and O–H groups in total. The number of hydrogen-bond acceptors (Lipinski definition) is 6. The molecule has 57 heavy (non-hydrogen) atoms. The minimum absolute atomic E-state index is 0.0788. The largest absolute Gasteiger partial charge is 0.472 e. The van der Waals surface area contributed by atoms with Crippen LogP contribution in [0.25, 0.3) is 0 Å². The molecule has 0 aliphatic carbocycles. The third-order valence-electron chi connectivity index (χ3n) is 9.59. The minimum atomic E-state index is -4.29. The standard InChI is InChI=1S/C48H88NO7P/c1-6-8-10-12-14-16-18-20-22-24-26-28-30-32-34-36-38-40-43-53-45-47(46-55-57(51,52)54-44-42-49(3,4)5)56-48(50)41-39-37-35-33-31-29-27-25-23-21-19-17-15-13-11-9-7-2/h8,10,14,16,20,22,26,28,32,34,47H,6-7,9,11-13,15,17-19,21,23-25,27,29-31,33,35-46H2,1-5H3/p+1/b10-8-,16-14-,22-20-,28-26-,34-32-. The Hall–Kier alpha value is -1.80. The second kappa shape index (κ2) is 41.0. The van der Waals surface area contributed by atoms with Gasteiger partial charge in [-0.05, 0) is 57.8 Å². The van der Waals surface area contributed by atoms with Crippen LogP contribution in [0.5, 0.6) is 0 Å². The van der Waals surface area contributed by atoms with Gasteiger partial charge in [0.2, 0.25) is 0 Å². The van der Waals surface area contributed by atoms with Crippen molar-refractivity contribution in [3.8, 4) is 0 Å². The zero-order chi connectivity index (χ0) is 42.0. The fraction of sp³-hybridized carbons (Fsp3) is 0.771. The van der Waals surface area contributed by atoms with Crippen LogP contribution in [0.3, 0.4) is 0 Å². The number of quaternary nitrogens is 1. The number of esters is 1. The minimum Gasteiger partial charge on any atom is -0.457 e. The van der Waals surface area contributed by atoms with Gasteiger partial charge in [-0.15, -0.1) is 0 Å². The number of carbonyl (C=O) groups excluding carboxylic acids is 1. The van der Waals surface area contributed by atoms with Crippen molar-refractivity contribution in [1.29, 1.82) is 0 Å². The van der Waals surface area contributed by atoms with Crippen LogP contribution in [-0.2, 0) is 27.9 Å². The molecule has 0 amide bonds. The van der Waals surface area contributed by atoms with Crippen molar-refractivity contribution in [1.82, 2.24) is 0 Å². The van der Waals surface area contributed by atoms with Crippen LogP contribution in [0.2, 0.25) is 0 Å². The number of rotatable bonds is 42. The molecule has 0 bridgehead atoms. The first-order valence-corrected chi connectivity index (χ1v) is 24.5. The molecule has 2 unspecified atom stereocenters. The Balaban J connectivity index is 4.29. The number of hydrogen-bond donors (Lipinski definition) is 1. The number of unbranched alkanes of at least 4 members (excludes halogenated alkanes) is 18. The maximum absolute atomic E-state index is 12.7. The van der Waals surface area contributed by atoms with Gasteiger partial charge in [-0.2, -0.15) is 0 Å². The van der Waals surface area contributed by atoms with E-state index >= 15 is 0 Å². The van der Waals surface area contributed by atoms with Crippen molar-refractivity contribution in [3.63, 3.8) is 0 Å². The second-order valence-electron chi connectivity index (χ2n) is 16.4. The van der Waals surface area contributed by atoms with Crippen molar-refractivity contribution in [2.75, 3.05) is 54.1 Å². The third-order valence-corrected chi connectivity index (χ3v) is 10.6. The number of phosphoric acid groups is 1. The van der Waals surface area contributed by atoms with Crippen LogP contribution in [0.4, 0.5) is 0 Å². The van der Waals surface area contributed by atoms with E-state index in [9.17, 15) is 14.3 Å². The Labute approximate surface area is 351 Å². The highest BCUT2D eigenvalue weighted by atomic mass is 31.2. The number of nitrogens with zero attached hydrogens (tertiary/aromatic N) is 1. The van der Waals surface area contributed by atoms with Crippen LogP contribution in [0, 0.1) is 0 Å². The summed E-state index contributed by atoms with van der Waals surface area (Å²) in [5.74, 6) is -0.328. The van der Waals surface area contributed by atoms with Crippen molar-refractivity contribution < 1.29 is 37.3 Å². The van der Waals surface area contributed by atoms with E-state index in [0.717, 1.165) is 70.6 Å². The average Bonchev–Trinajstić information content (AvgIpc) is 3.16. The lowest BCUT2D eigenvalue weighted by Gasteiger charge is -2.24. The van der Waals surface area contributed by atoms with Crippen molar-refractivity contribution in [2.24, 2.45) is 0 Å². The van der Waals surface area contributed by atoms with Gasteiger partial charge in [-0.3, -0.25) is 13.8 Å². The predicted octanol–water partition coefficient (Wildman–Crippen LogP) is 13.7. The summed E-state index contributed by atoms with van der Waals surface area (Å²) in [5.41, 5.74) is 0. The first-order chi connectivity index (χ1) is 27.6. The molecule has 0 aromatic carbocycles. The van der Waals surface area contributed by atoms with Crippen LogP contribution >= 0.6 is 7.82 Å². The van der Waals surface area contributed by atoms with E-state index < -0.39 is 13.9 Å². The van der Waals surface area contributed by atoms with E-state index in [0.29, 0.717) is 24.1 Å². The van der Waals surface area contributed by atoms with Gasteiger partial charge in [0.05, 0.1) is 34.4 Å². The summed E-state index contributed by atoms with van der Waals surface area (Å²) in [4.78, 5) is 22.9. The van der Waals surface area contributed by atoms with Gasteiger partial charge in [-0.1, -0.05) is 177 Å². The summed E-state index contributed by atoms with van der Waals surface area (Å²) in [6.45, 7) is 5.40. The number of phosphoric ester groups is 1. The lowest BCUT2D eigenvalue weighted by molar-refractivity contribution is -0.870. The molecule has 0 radical (unpaired) electrons. The highest BCUT2D eigenvalue weighted by Gasteiger charge is 2.26. The van der Waals surface area contributed by atoms with Crippen molar-refractivity contribution in [3.05, 3.63) is 60.8 Å². The Bertz CT molecular complexity index is 1090. The highest BCUT2D eigenvalue weighted by Crippen LogP contribution is 2.43. The van der Waals surface area contributed by atoms with Gasteiger partial charge in [-0.25, -0.2) is 4.57 Å². The number of carbonyl (C=O) groups is 1. The van der Waals surface area contributed by atoms with Gasteiger partial charge in [0, 0.05) is 13.0 Å². The van der Waals surface area contributed by atoms with E-state index in [2.05, 4.69) is 74.6 Å². The summed E-state index contributed by atoms with van der Waals surface area (Å²) in [6, 6.07) is 0. The van der Waals surface area contributed by atoms with E-state index in [1.165, 1.54) is 89.9 Å². The molecule has 0 saturated heterocycles. The van der Waals surface area contributed by atoms with E-state index in [4.69, 9.17) is 18.5 Å². The van der Waals surface area contributed by atoms with Crippen LogP contribution in [0.15, 0.2) is 60.8 Å².